The fourth-order valence-corrected chi connectivity index (χ4v) is 2.04. The first-order chi connectivity index (χ1) is 7.95. The maximum absolute atomic E-state index is 5.57. The van der Waals surface area contributed by atoms with E-state index in [1.165, 1.54) is 18.4 Å². The maximum atomic E-state index is 5.57. The molecule has 1 fully saturated rings. The lowest BCUT2D eigenvalue weighted by molar-refractivity contribution is 0.104. The molecule has 0 radical (unpaired) electrons. The molecular formula is C13H20N2O. The average molecular weight is 220 g/mol. The van der Waals surface area contributed by atoms with Gasteiger partial charge in [0.2, 0.25) is 0 Å². The van der Waals surface area contributed by atoms with Crippen molar-refractivity contribution in [3.63, 3.8) is 0 Å². The zero-order valence-electron chi connectivity index (χ0n) is 9.69. The van der Waals surface area contributed by atoms with Crippen molar-refractivity contribution < 1.29 is 4.74 Å². The molecule has 1 aromatic rings. The molecule has 0 spiro atoms. The minimum absolute atomic E-state index is 0.508. The second-order valence-electron chi connectivity index (χ2n) is 4.28. The Hall–Kier alpha value is -0.930. The number of hydrogen-bond acceptors (Lipinski definition) is 3. The summed E-state index contributed by atoms with van der Waals surface area (Å²) in [6.07, 6.45) is 8.91. The predicted molar refractivity (Wildman–Crippen MR) is 64.4 cm³/mol. The van der Waals surface area contributed by atoms with Crippen molar-refractivity contribution in [3.05, 3.63) is 30.1 Å². The van der Waals surface area contributed by atoms with Gasteiger partial charge < -0.3 is 10.1 Å². The largest absolute Gasteiger partial charge is 0.378 e. The molecule has 2 rings (SSSR count). The summed E-state index contributed by atoms with van der Waals surface area (Å²) < 4.78 is 5.57. The van der Waals surface area contributed by atoms with Crippen LogP contribution < -0.4 is 5.32 Å². The maximum Gasteiger partial charge on any atom is 0.0588 e. The van der Waals surface area contributed by atoms with Crippen LogP contribution >= 0.6 is 0 Å². The number of hydrogen-bond donors (Lipinski definition) is 1. The van der Waals surface area contributed by atoms with Gasteiger partial charge in [0.25, 0.3) is 0 Å². The van der Waals surface area contributed by atoms with Gasteiger partial charge >= 0.3 is 0 Å². The van der Waals surface area contributed by atoms with Crippen LogP contribution in [0.4, 0.5) is 0 Å². The van der Waals surface area contributed by atoms with E-state index in [0.29, 0.717) is 6.10 Å². The minimum Gasteiger partial charge on any atom is -0.378 e. The van der Waals surface area contributed by atoms with E-state index in [9.17, 15) is 0 Å². The minimum atomic E-state index is 0.508. The summed E-state index contributed by atoms with van der Waals surface area (Å²) in [5, 5.41) is 3.46. The van der Waals surface area contributed by atoms with Crippen LogP contribution in [0.1, 0.15) is 24.8 Å². The highest BCUT2D eigenvalue weighted by Crippen LogP contribution is 2.14. The summed E-state index contributed by atoms with van der Waals surface area (Å²) in [7, 11) is 0. The Morgan fingerprint density at radius 2 is 2.19 bits per heavy atom. The molecule has 88 valence electrons. The molecule has 1 unspecified atom stereocenters. The van der Waals surface area contributed by atoms with Gasteiger partial charge in [-0.25, -0.2) is 0 Å². The van der Waals surface area contributed by atoms with Gasteiger partial charge in [-0.1, -0.05) is 0 Å². The lowest BCUT2D eigenvalue weighted by Crippen LogP contribution is -2.22. The molecule has 0 amide bonds. The third-order valence-electron chi connectivity index (χ3n) is 3.01. The van der Waals surface area contributed by atoms with E-state index in [1.807, 2.05) is 12.4 Å². The molecule has 3 nitrogen and oxygen atoms in total. The van der Waals surface area contributed by atoms with E-state index in [0.717, 1.165) is 32.5 Å². The number of rotatable bonds is 6. The fourth-order valence-electron chi connectivity index (χ4n) is 2.04. The molecule has 1 N–H and O–H groups in total. The highest BCUT2D eigenvalue weighted by Gasteiger charge is 2.14. The molecule has 0 bridgehead atoms. The van der Waals surface area contributed by atoms with Crippen molar-refractivity contribution in [2.24, 2.45) is 0 Å². The Morgan fingerprint density at radius 1 is 1.31 bits per heavy atom. The molecule has 0 saturated carbocycles. The Balaban J connectivity index is 1.52. The Morgan fingerprint density at radius 3 is 2.94 bits per heavy atom. The molecule has 1 aliphatic heterocycles. The van der Waals surface area contributed by atoms with E-state index in [2.05, 4.69) is 22.4 Å². The van der Waals surface area contributed by atoms with E-state index >= 15 is 0 Å². The van der Waals surface area contributed by atoms with Gasteiger partial charge in [0, 0.05) is 19.0 Å². The van der Waals surface area contributed by atoms with Gasteiger partial charge in [-0.3, -0.25) is 4.98 Å². The van der Waals surface area contributed by atoms with Gasteiger partial charge in [0.15, 0.2) is 0 Å². The summed E-state index contributed by atoms with van der Waals surface area (Å²) in [4.78, 5) is 4.01. The van der Waals surface area contributed by atoms with E-state index in [1.54, 1.807) is 0 Å². The average Bonchev–Trinajstić information content (AvgIpc) is 2.83. The fraction of sp³-hybridized carbons (Fsp3) is 0.615. The normalized spacial score (nSPS) is 20.1. The Labute approximate surface area is 97.2 Å². The third kappa shape index (κ3) is 3.91. The van der Waals surface area contributed by atoms with E-state index < -0.39 is 0 Å². The molecule has 3 heteroatoms. The molecule has 16 heavy (non-hydrogen) atoms. The van der Waals surface area contributed by atoms with E-state index in [4.69, 9.17) is 4.74 Å². The molecule has 1 saturated heterocycles. The third-order valence-corrected chi connectivity index (χ3v) is 3.01. The Kier molecular flexibility index (Phi) is 4.77. The predicted octanol–water partition coefficient (Wildman–Crippen LogP) is 1.78. The van der Waals surface area contributed by atoms with Gasteiger partial charge in [-0.2, -0.15) is 0 Å². The Bertz CT molecular complexity index is 283. The number of pyridine rings is 1. The lowest BCUT2D eigenvalue weighted by Gasteiger charge is -2.09. The highest BCUT2D eigenvalue weighted by atomic mass is 16.5. The topological polar surface area (TPSA) is 34.1 Å². The molecule has 0 aliphatic carbocycles. The van der Waals surface area contributed by atoms with Crippen LogP contribution in [0, 0.1) is 0 Å². The summed E-state index contributed by atoms with van der Waals surface area (Å²) in [5.41, 5.74) is 1.35. The smallest absolute Gasteiger partial charge is 0.0588 e. The lowest BCUT2D eigenvalue weighted by atomic mass is 10.2. The molecule has 1 aliphatic rings. The number of nitrogens with one attached hydrogen (secondary N) is 1. The van der Waals surface area contributed by atoms with Crippen molar-refractivity contribution in [1.29, 1.82) is 0 Å². The molecule has 2 heterocycles. The molecule has 1 atom stereocenters. The van der Waals surface area contributed by atoms with Crippen molar-refractivity contribution in [1.82, 2.24) is 10.3 Å². The van der Waals surface area contributed by atoms with Crippen LogP contribution in [-0.4, -0.2) is 30.8 Å². The number of aromatic nitrogens is 1. The summed E-state index contributed by atoms with van der Waals surface area (Å²) in [6.45, 7) is 3.06. The van der Waals surface area contributed by atoms with E-state index in [-0.39, 0.29) is 0 Å². The van der Waals surface area contributed by atoms with Crippen molar-refractivity contribution >= 4 is 0 Å². The van der Waals surface area contributed by atoms with Gasteiger partial charge in [0.1, 0.15) is 0 Å². The van der Waals surface area contributed by atoms with Crippen molar-refractivity contribution in [2.75, 3.05) is 19.7 Å². The zero-order chi connectivity index (χ0) is 11.1. The second kappa shape index (κ2) is 6.61. The monoisotopic (exact) mass is 220 g/mol. The number of nitrogens with zero attached hydrogens (tertiary/aromatic N) is 1. The van der Waals surface area contributed by atoms with Crippen LogP contribution in [0.3, 0.4) is 0 Å². The van der Waals surface area contributed by atoms with Crippen LogP contribution in [0.15, 0.2) is 24.5 Å². The summed E-state index contributed by atoms with van der Waals surface area (Å²) >= 11 is 0. The second-order valence-corrected chi connectivity index (χ2v) is 4.28. The first kappa shape index (κ1) is 11.6. The van der Waals surface area contributed by atoms with Gasteiger partial charge in [0.05, 0.1) is 6.10 Å². The zero-order valence-corrected chi connectivity index (χ0v) is 9.69. The van der Waals surface area contributed by atoms with Crippen LogP contribution in [0.5, 0.6) is 0 Å². The first-order valence-corrected chi connectivity index (χ1v) is 6.16. The number of ether oxygens (including phenoxy) is 1. The molecular weight excluding hydrogens is 200 g/mol. The quantitative estimate of drug-likeness (QED) is 0.742. The van der Waals surface area contributed by atoms with Gasteiger partial charge in [-0.15, -0.1) is 0 Å². The standard InChI is InChI=1S/C13H20N2O/c1-2-13(16-11-1)6-10-15-9-5-12-3-7-14-8-4-12/h3-4,7-8,13,15H,1-2,5-6,9-11H2. The first-order valence-electron chi connectivity index (χ1n) is 6.16. The SMILES string of the molecule is c1cc(CCNCCC2CCCO2)ccn1. The highest BCUT2D eigenvalue weighted by molar-refractivity contribution is 5.09. The summed E-state index contributed by atoms with van der Waals surface area (Å²) in [5.74, 6) is 0. The van der Waals surface area contributed by atoms with Crippen LogP contribution in [0.25, 0.3) is 0 Å². The molecule has 0 aromatic carbocycles. The van der Waals surface area contributed by atoms with Crippen molar-refractivity contribution in [3.8, 4) is 0 Å². The van der Waals surface area contributed by atoms with Crippen LogP contribution in [0.2, 0.25) is 0 Å². The summed E-state index contributed by atoms with van der Waals surface area (Å²) in [6, 6.07) is 4.14. The van der Waals surface area contributed by atoms with Crippen LogP contribution in [-0.2, 0) is 11.2 Å². The van der Waals surface area contributed by atoms with Crippen molar-refractivity contribution in [2.45, 2.75) is 31.8 Å². The van der Waals surface area contributed by atoms with Gasteiger partial charge in [-0.05, 0) is 56.5 Å². The molecule has 1 aromatic heterocycles.